The Bertz CT molecular complexity index is 583. The third-order valence-corrected chi connectivity index (χ3v) is 4.98. The Balaban J connectivity index is 0. The number of carboxylic acid groups (broad SMARTS) is 1. The van der Waals surface area contributed by atoms with Gasteiger partial charge in [0.05, 0.1) is 0 Å². The van der Waals surface area contributed by atoms with Crippen molar-refractivity contribution >= 4 is 17.7 Å². The molecule has 0 radical (unpaired) electrons. The van der Waals surface area contributed by atoms with Crippen LogP contribution in [0.4, 0.5) is 0 Å². The van der Waals surface area contributed by atoms with Gasteiger partial charge in [0.2, 0.25) is 0 Å². The second-order valence-corrected chi connectivity index (χ2v) is 9.60. The van der Waals surface area contributed by atoms with Gasteiger partial charge in [0.1, 0.15) is 0 Å². The molecule has 192 valence electrons. The third kappa shape index (κ3) is 30.8. The molecule has 0 saturated carbocycles. The number of allylic oxidation sites excluding steroid dienone is 1. The molecule has 0 heterocycles. The van der Waals surface area contributed by atoms with E-state index in [9.17, 15) is 14.4 Å². The van der Waals surface area contributed by atoms with Crippen molar-refractivity contribution < 1.29 is 53.5 Å². The number of hydrogen-bond acceptors (Lipinski definition) is 5. The van der Waals surface area contributed by atoms with E-state index in [0.717, 1.165) is 25.2 Å². The van der Waals surface area contributed by atoms with E-state index in [-0.39, 0.29) is 11.4 Å². The summed E-state index contributed by atoms with van der Waals surface area (Å²) < 4.78 is 27.8. The summed E-state index contributed by atoms with van der Waals surface area (Å²) in [5.41, 5.74) is 0.149. The number of aliphatic carboxylic acids is 1. The maximum absolute atomic E-state index is 11.8. The second-order valence-electron chi connectivity index (χ2n) is 8.72. The average molecular weight is 508 g/mol. The number of rotatable bonds is 19. The van der Waals surface area contributed by atoms with Crippen LogP contribution in [-0.2, 0) is 41.1 Å². The van der Waals surface area contributed by atoms with Crippen molar-refractivity contribution in [3.8, 4) is 0 Å². The molecule has 0 saturated heterocycles. The van der Waals surface area contributed by atoms with Crippen molar-refractivity contribution in [1.29, 1.82) is 0 Å². The van der Waals surface area contributed by atoms with Crippen LogP contribution in [0.2, 0.25) is 0 Å². The van der Waals surface area contributed by atoms with Gasteiger partial charge in [0, 0.05) is 12.0 Å². The van der Waals surface area contributed by atoms with Crippen LogP contribution in [0, 0.1) is 5.92 Å². The third-order valence-electron chi connectivity index (χ3n) is 4.98. The fourth-order valence-corrected chi connectivity index (χ4v) is 3.23. The predicted octanol–water partition coefficient (Wildman–Crippen LogP) is 5.01. The van der Waals surface area contributed by atoms with Gasteiger partial charge in [-0.1, -0.05) is 90.9 Å². The normalized spacial score (nSPS) is 11.0. The van der Waals surface area contributed by atoms with E-state index < -0.39 is 37.2 Å². The minimum absolute atomic E-state index is 0.108. The molecule has 0 bridgehead atoms. The van der Waals surface area contributed by atoms with Gasteiger partial charge in [0.15, 0.2) is 12.4 Å². The van der Waals surface area contributed by atoms with Gasteiger partial charge in [0.25, 0.3) is 0 Å². The monoisotopic (exact) mass is 508 g/mol. The van der Waals surface area contributed by atoms with E-state index in [1.807, 2.05) is 0 Å². The standard InChI is InChI=1S/C24H42O5.2H2O.O.Ti/c1-20(2)16-14-12-10-8-6-4-5-7-9-11-13-15-17-22(25)18-21(3)24(28)29-19-23(26)27;;;;/h18,20H,4-17,19H2,1-3H3,(H,26,27);2*1H2;;/q;;;;+2/p-2. The zero-order valence-corrected chi connectivity index (χ0v) is 22.2. The molecular formula is C24H44O8Ti. The Labute approximate surface area is 205 Å². The molecule has 0 aliphatic carbocycles. The average Bonchev–Trinajstić information content (AvgIpc) is 2.71. The first kappa shape index (κ1) is 34.0. The first-order chi connectivity index (χ1) is 15.6. The summed E-state index contributed by atoms with van der Waals surface area (Å²) in [7, 11) is 0. The Kier molecular flexibility index (Phi) is 24.6. The van der Waals surface area contributed by atoms with Gasteiger partial charge in [-0.25, -0.2) is 9.59 Å². The minimum atomic E-state index is -3.58. The SMILES string of the molecule is CC(=CC(=O)CCCCCCCCCCCCCCC(C)C)C(=O)OCC(=O)O.[O]=[Ti]([OH])[OH]. The molecule has 0 aromatic heterocycles. The van der Waals surface area contributed by atoms with Crippen molar-refractivity contribution in [1.82, 2.24) is 0 Å². The predicted molar refractivity (Wildman–Crippen MR) is 122 cm³/mol. The zero-order chi connectivity index (χ0) is 25.5. The number of ether oxygens (including phenoxy) is 1. The van der Waals surface area contributed by atoms with E-state index in [4.69, 9.17) is 15.8 Å². The van der Waals surface area contributed by atoms with Gasteiger partial charge < -0.3 is 9.84 Å². The molecular weight excluding hydrogens is 464 g/mol. The van der Waals surface area contributed by atoms with Crippen LogP contribution < -0.4 is 0 Å². The number of hydrogen-bond donors (Lipinski definition) is 3. The summed E-state index contributed by atoms with van der Waals surface area (Å²) in [6.45, 7) is 5.37. The van der Waals surface area contributed by atoms with Gasteiger partial charge in [-0.2, -0.15) is 0 Å². The number of esters is 1. The summed E-state index contributed by atoms with van der Waals surface area (Å²) in [6, 6.07) is 0. The molecule has 33 heavy (non-hydrogen) atoms. The molecule has 0 rings (SSSR count). The number of carbonyl (C=O) groups is 3. The molecule has 8 nitrogen and oxygen atoms in total. The molecule has 9 heteroatoms. The van der Waals surface area contributed by atoms with Crippen LogP contribution in [0.15, 0.2) is 11.6 Å². The van der Waals surface area contributed by atoms with E-state index in [1.165, 1.54) is 77.2 Å². The molecule has 0 aromatic rings. The molecule has 0 unspecified atom stereocenters. The Morgan fingerprint density at radius 2 is 1.21 bits per heavy atom. The van der Waals surface area contributed by atoms with Gasteiger partial charge in [-0.05, 0) is 25.3 Å². The summed E-state index contributed by atoms with van der Waals surface area (Å²) in [5, 5.41) is 8.46. The van der Waals surface area contributed by atoms with Crippen molar-refractivity contribution in [2.24, 2.45) is 5.92 Å². The first-order valence-corrected chi connectivity index (χ1v) is 14.1. The molecule has 0 aromatic carbocycles. The van der Waals surface area contributed by atoms with E-state index in [0.29, 0.717) is 6.42 Å². The molecule has 0 spiro atoms. The molecule has 0 fully saturated rings. The van der Waals surface area contributed by atoms with E-state index in [2.05, 4.69) is 18.6 Å². The molecule has 0 atom stereocenters. The fraction of sp³-hybridized carbons (Fsp3) is 0.792. The van der Waals surface area contributed by atoms with Gasteiger partial charge in [-0.3, -0.25) is 4.79 Å². The zero-order valence-electron chi connectivity index (χ0n) is 20.6. The molecule has 0 aliphatic heterocycles. The van der Waals surface area contributed by atoms with Crippen molar-refractivity contribution in [3.63, 3.8) is 0 Å². The molecule has 0 aliphatic rings. The number of carboxylic acids is 1. The molecule has 0 amide bonds. The Morgan fingerprint density at radius 1 is 0.818 bits per heavy atom. The Hall–Kier alpha value is -1.22. The first-order valence-electron chi connectivity index (χ1n) is 12.1. The quantitative estimate of drug-likeness (QED) is 0.0958. The topological polar surface area (TPSA) is 138 Å². The van der Waals surface area contributed by atoms with Crippen molar-refractivity contribution in [2.75, 3.05) is 6.61 Å². The van der Waals surface area contributed by atoms with Gasteiger partial charge in [-0.15, -0.1) is 0 Å². The van der Waals surface area contributed by atoms with E-state index >= 15 is 0 Å². The number of carbonyl (C=O) groups excluding carboxylic acids is 2. The number of ketones is 1. The maximum atomic E-state index is 11.8. The summed E-state index contributed by atoms with van der Waals surface area (Å²) in [6.07, 6.45) is 18.0. The van der Waals surface area contributed by atoms with E-state index in [1.54, 1.807) is 0 Å². The van der Waals surface area contributed by atoms with Crippen LogP contribution in [0.5, 0.6) is 0 Å². The second kappa shape index (κ2) is 23.9. The summed E-state index contributed by atoms with van der Waals surface area (Å²) >= 11 is -3.58. The van der Waals surface area contributed by atoms with Crippen LogP contribution in [0.3, 0.4) is 0 Å². The van der Waals surface area contributed by atoms with Crippen LogP contribution in [-0.4, -0.2) is 36.8 Å². The Morgan fingerprint density at radius 3 is 1.61 bits per heavy atom. The summed E-state index contributed by atoms with van der Waals surface area (Å²) in [4.78, 5) is 33.7. The van der Waals surface area contributed by atoms with Gasteiger partial charge >= 0.3 is 41.3 Å². The number of unbranched alkanes of at least 4 members (excludes halogenated alkanes) is 11. The van der Waals surface area contributed by atoms with Crippen molar-refractivity contribution in [3.05, 3.63) is 11.6 Å². The molecule has 3 N–H and O–H groups in total. The fourth-order valence-electron chi connectivity index (χ4n) is 3.23. The summed E-state index contributed by atoms with van der Waals surface area (Å²) in [5.74, 6) is -1.24. The van der Waals surface area contributed by atoms with Crippen LogP contribution in [0.25, 0.3) is 0 Å². The van der Waals surface area contributed by atoms with Crippen LogP contribution in [0.1, 0.15) is 111 Å². The van der Waals surface area contributed by atoms with Crippen molar-refractivity contribution in [2.45, 2.75) is 111 Å². The van der Waals surface area contributed by atoms with Crippen LogP contribution >= 0.6 is 0 Å².